The number of rotatable bonds is 7. The number of hydrogen-bond acceptors (Lipinski definition) is 4. The third kappa shape index (κ3) is 6.42. The molecule has 6 heteroatoms. The Kier molecular flexibility index (Phi) is 8.38. The van der Waals surface area contributed by atoms with Gasteiger partial charge in [0.1, 0.15) is 5.01 Å². The van der Waals surface area contributed by atoms with Crippen LogP contribution in [0.5, 0.6) is 0 Å². The van der Waals surface area contributed by atoms with E-state index in [0.717, 1.165) is 42.2 Å². The second-order valence-corrected chi connectivity index (χ2v) is 7.20. The van der Waals surface area contributed by atoms with Gasteiger partial charge in [-0.15, -0.1) is 23.7 Å². The Balaban J connectivity index is 0.00000225. The minimum atomic E-state index is 0. The molecule has 2 heterocycles. The number of aromatic nitrogens is 1. The lowest BCUT2D eigenvalue weighted by Gasteiger charge is -2.22. The summed E-state index contributed by atoms with van der Waals surface area (Å²) in [5, 5.41) is 9.52. The van der Waals surface area contributed by atoms with Crippen LogP contribution in [0.3, 0.4) is 0 Å². The first-order chi connectivity index (χ1) is 11.8. The number of carbonyl (C=O) groups excluding carboxylic acids is 1. The van der Waals surface area contributed by atoms with E-state index in [2.05, 4.69) is 33.1 Å². The molecule has 2 N–H and O–H groups in total. The molecule has 0 spiro atoms. The van der Waals surface area contributed by atoms with Crippen LogP contribution in [0.15, 0.2) is 35.7 Å². The molecule has 1 amide bonds. The number of halogens is 1. The van der Waals surface area contributed by atoms with Crippen LogP contribution in [-0.4, -0.2) is 30.5 Å². The van der Waals surface area contributed by atoms with Gasteiger partial charge in [-0.2, -0.15) is 0 Å². The smallest absolute Gasteiger partial charge is 0.220 e. The fourth-order valence-electron chi connectivity index (χ4n) is 3.06. The Morgan fingerprint density at radius 2 is 2.00 bits per heavy atom. The van der Waals surface area contributed by atoms with Crippen molar-refractivity contribution in [2.24, 2.45) is 5.92 Å². The highest BCUT2D eigenvalue weighted by molar-refractivity contribution is 7.13. The van der Waals surface area contributed by atoms with E-state index in [-0.39, 0.29) is 18.3 Å². The molecular weight excluding hydrogens is 354 g/mol. The summed E-state index contributed by atoms with van der Waals surface area (Å²) in [5.74, 6) is 0.885. The molecule has 3 rings (SSSR count). The molecule has 0 atom stereocenters. The summed E-state index contributed by atoms with van der Waals surface area (Å²) in [6, 6.07) is 10.2. The van der Waals surface area contributed by atoms with Gasteiger partial charge < -0.3 is 10.6 Å². The maximum Gasteiger partial charge on any atom is 0.220 e. The largest absolute Gasteiger partial charge is 0.356 e. The van der Waals surface area contributed by atoms with Crippen molar-refractivity contribution < 1.29 is 4.79 Å². The van der Waals surface area contributed by atoms with Gasteiger partial charge in [0.15, 0.2) is 0 Å². The molecule has 0 radical (unpaired) electrons. The number of hydrogen-bond donors (Lipinski definition) is 2. The summed E-state index contributed by atoms with van der Waals surface area (Å²) in [4.78, 5) is 16.6. The lowest BCUT2D eigenvalue weighted by atomic mass is 9.93. The van der Waals surface area contributed by atoms with Crippen molar-refractivity contribution in [3.05, 3.63) is 41.4 Å². The molecule has 1 aromatic carbocycles. The monoisotopic (exact) mass is 379 g/mol. The number of nitrogens with one attached hydrogen (secondary N) is 2. The molecule has 1 aromatic heterocycles. The van der Waals surface area contributed by atoms with Gasteiger partial charge in [0.05, 0.1) is 5.69 Å². The minimum Gasteiger partial charge on any atom is -0.356 e. The third-order valence-electron chi connectivity index (χ3n) is 4.51. The maximum atomic E-state index is 12.0. The number of piperidine rings is 1. The van der Waals surface area contributed by atoms with Crippen molar-refractivity contribution in [2.45, 2.75) is 32.1 Å². The highest BCUT2D eigenvalue weighted by Gasteiger charge is 2.14. The Hall–Kier alpha value is -1.43. The Labute approximate surface area is 159 Å². The van der Waals surface area contributed by atoms with E-state index in [1.807, 2.05) is 18.2 Å². The van der Waals surface area contributed by atoms with E-state index in [1.54, 1.807) is 11.3 Å². The summed E-state index contributed by atoms with van der Waals surface area (Å²) in [6.07, 6.45) is 4.87. The number of nitrogens with zero attached hydrogens (tertiary/aromatic N) is 1. The van der Waals surface area contributed by atoms with Crippen molar-refractivity contribution in [1.29, 1.82) is 0 Å². The van der Waals surface area contributed by atoms with Gasteiger partial charge in [-0.25, -0.2) is 4.98 Å². The molecule has 1 fully saturated rings. The highest BCUT2D eigenvalue weighted by atomic mass is 35.5. The molecule has 1 aliphatic heterocycles. The first-order valence-electron chi connectivity index (χ1n) is 8.78. The quantitative estimate of drug-likeness (QED) is 0.771. The van der Waals surface area contributed by atoms with Crippen LogP contribution in [0.4, 0.5) is 0 Å². The SMILES string of the molecule is Cl.O=C(CCC1CCNCC1)NCCc1csc(-c2ccccc2)n1. The van der Waals surface area contributed by atoms with E-state index in [4.69, 9.17) is 0 Å². The molecule has 4 nitrogen and oxygen atoms in total. The molecule has 0 bridgehead atoms. The van der Waals surface area contributed by atoms with E-state index >= 15 is 0 Å². The zero-order valence-corrected chi connectivity index (χ0v) is 16.0. The van der Waals surface area contributed by atoms with E-state index < -0.39 is 0 Å². The van der Waals surface area contributed by atoms with Gasteiger partial charge in [0.25, 0.3) is 0 Å². The summed E-state index contributed by atoms with van der Waals surface area (Å²) < 4.78 is 0. The van der Waals surface area contributed by atoms with E-state index in [1.165, 1.54) is 12.8 Å². The first-order valence-corrected chi connectivity index (χ1v) is 9.66. The maximum absolute atomic E-state index is 12.0. The van der Waals surface area contributed by atoms with Crippen LogP contribution in [-0.2, 0) is 11.2 Å². The zero-order chi connectivity index (χ0) is 16.6. The van der Waals surface area contributed by atoms with Gasteiger partial charge in [-0.1, -0.05) is 30.3 Å². The zero-order valence-electron chi connectivity index (χ0n) is 14.4. The first kappa shape index (κ1) is 19.9. The van der Waals surface area contributed by atoms with E-state index in [0.29, 0.717) is 18.9 Å². The van der Waals surface area contributed by atoms with Gasteiger partial charge in [-0.3, -0.25) is 4.79 Å². The van der Waals surface area contributed by atoms with Crippen LogP contribution in [0.2, 0.25) is 0 Å². The van der Waals surface area contributed by atoms with Crippen molar-refractivity contribution in [3.63, 3.8) is 0 Å². The van der Waals surface area contributed by atoms with Crippen molar-refractivity contribution >= 4 is 29.7 Å². The molecule has 2 aromatic rings. The van der Waals surface area contributed by atoms with Crippen LogP contribution >= 0.6 is 23.7 Å². The van der Waals surface area contributed by atoms with Gasteiger partial charge in [0.2, 0.25) is 5.91 Å². The van der Waals surface area contributed by atoms with Gasteiger partial charge in [-0.05, 0) is 38.3 Å². The third-order valence-corrected chi connectivity index (χ3v) is 5.45. The van der Waals surface area contributed by atoms with Crippen LogP contribution in [0, 0.1) is 5.92 Å². The number of amides is 1. The lowest BCUT2D eigenvalue weighted by molar-refractivity contribution is -0.121. The Morgan fingerprint density at radius 3 is 2.76 bits per heavy atom. The van der Waals surface area contributed by atoms with Crippen LogP contribution in [0.25, 0.3) is 10.6 Å². The second kappa shape index (κ2) is 10.5. The molecule has 0 unspecified atom stereocenters. The lowest BCUT2D eigenvalue weighted by Crippen LogP contribution is -2.30. The number of carbonyl (C=O) groups is 1. The fourth-order valence-corrected chi connectivity index (χ4v) is 3.92. The Morgan fingerprint density at radius 1 is 1.24 bits per heavy atom. The predicted molar refractivity (Wildman–Crippen MR) is 106 cm³/mol. The van der Waals surface area contributed by atoms with E-state index in [9.17, 15) is 4.79 Å². The normalized spacial score (nSPS) is 14.7. The molecular formula is C19H26ClN3OS. The van der Waals surface area contributed by atoms with Crippen LogP contribution in [0.1, 0.15) is 31.4 Å². The fraction of sp³-hybridized carbons (Fsp3) is 0.474. The molecule has 1 saturated heterocycles. The summed E-state index contributed by atoms with van der Waals surface area (Å²) in [6.45, 7) is 2.86. The number of benzene rings is 1. The van der Waals surface area contributed by atoms with Crippen LogP contribution < -0.4 is 10.6 Å². The van der Waals surface area contributed by atoms with Gasteiger partial charge >= 0.3 is 0 Å². The predicted octanol–water partition coefficient (Wildman–Crippen LogP) is 3.67. The topological polar surface area (TPSA) is 54.0 Å². The standard InChI is InChI=1S/C19H25N3OS.ClH/c23-18(7-6-15-8-11-20-12-9-15)21-13-10-17-14-24-19(22-17)16-4-2-1-3-5-16;/h1-5,14-15,20H,6-13H2,(H,21,23);1H. The minimum absolute atomic E-state index is 0. The molecule has 136 valence electrons. The summed E-state index contributed by atoms with van der Waals surface area (Å²) in [5.41, 5.74) is 2.21. The second-order valence-electron chi connectivity index (χ2n) is 6.34. The van der Waals surface area contributed by atoms with Crippen molar-refractivity contribution in [2.75, 3.05) is 19.6 Å². The Bertz CT molecular complexity index is 641. The number of thiazole rings is 1. The molecule has 1 aliphatic rings. The molecule has 0 aliphatic carbocycles. The summed E-state index contributed by atoms with van der Waals surface area (Å²) in [7, 11) is 0. The van der Waals surface area contributed by atoms with Crippen molar-refractivity contribution in [1.82, 2.24) is 15.6 Å². The summed E-state index contributed by atoms with van der Waals surface area (Å²) >= 11 is 1.66. The average Bonchev–Trinajstić information content (AvgIpc) is 3.11. The highest BCUT2D eigenvalue weighted by Crippen LogP contribution is 2.23. The molecule has 0 saturated carbocycles. The molecule has 25 heavy (non-hydrogen) atoms. The average molecular weight is 380 g/mol. The van der Waals surface area contributed by atoms with Gasteiger partial charge in [0, 0.05) is 30.3 Å². The van der Waals surface area contributed by atoms with Crippen molar-refractivity contribution in [3.8, 4) is 10.6 Å².